The highest BCUT2D eigenvalue weighted by atomic mass is 16.1. The maximum atomic E-state index is 12.5. The van der Waals surface area contributed by atoms with Gasteiger partial charge in [-0.1, -0.05) is 24.3 Å². The second kappa shape index (κ2) is 6.43. The van der Waals surface area contributed by atoms with E-state index in [0.717, 1.165) is 22.2 Å². The Labute approximate surface area is 141 Å². The molecule has 0 saturated heterocycles. The highest BCUT2D eigenvalue weighted by Gasteiger charge is 2.15. The molecule has 0 saturated carbocycles. The lowest BCUT2D eigenvalue weighted by atomic mass is 10.0. The minimum Gasteiger partial charge on any atom is -0.345 e. The van der Waals surface area contributed by atoms with Crippen molar-refractivity contribution in [1.29, 1.82) is 0 Å². The fourth-order valence-corrected chi connectivity index (χ4v) is 2.87. The number of carbonyl (C=O) groups is 1. The van der Waals surface area contributed by atoms with Gasteiger partial charge >= 0.3 is 0 Å². The lowest BCUT2D eigenvalue weighted by Gasteiger charge is -2.16. The first-order valence-electron chi connectivity index (χ1n) is 8.17. The third-order valence-corrected chi connectivity index (χ3v) is 4.19. The number of benzene rings is 1. The van der Waals surface area contributed by atoms with Crippen LogP contribution in [-0.2, 0) is 0 Å². The van der Waals surface area contributed by atoms with Crippen molar-refractivity contribution >= 4 is 16.9 Å². The van der Waals surface area contributed by atoms with Crippen molar-refractivity contribution < 1.29 is 4.79 Å². The summed E-state index contributed by atoms with van der Waals surface area (Å²) in [5, 5.41) is 8.25. The molecule has 0 aliphatic heterocycles. The molecular weight excluding hydrogens is 300 g/mol. The predicted molar refractivity (Wildman–Crippen MR) is 95.0 cm³/mol. The van der Waals surface area contributed by atoms with Crippen LogP contribution < -0.4 is 5.32 Å². The van der Waals surface area contributed by atoms with E-state index in [2.05, 4.69) is 29.2 Å². The van der Waals surface area contributed by atoms with E-state index in [9.17, 15) is 4.79 Å². The molecule has 124 valence electrons. The molecule has 5 nitrogen and oxygen atoms in total. The summed E-state index contributed by atoms with van der Waals surface area (Å²) in [5.74, 6) is -0.127. The fourth-order valence-electron chi connectivity index (χ4n) is 2.87. The molecule has 0 aliphatic rings. The van der Waals surface area contributed by atoms with Crippen LogP contribution in [-0.4, -0.2) is 20.7 Å². The van der Waals surface area contributed by atoms with Crippen LogP contribution in [0.15, 0.2) is 42.7 Å². The van der Waals surface area contributed by atoms with Gasteiger partial charge in [-0.2, -0.15) is 5.10 Å². The van der Waals surface area contributed by atoms with Crippen LogP contribution in [0, 0.1) is 6.92 Å². The number of aromatic nitrogens is 3. The molecule has 0 fully saturated rings. The van der Waals surface area contributed by atoms with E-state index < -0.39 is 0 Å². The number of rotatable bonds is 4. The predicted octanol–water partition coefficient (Wildman–Crippen LogP) is 3.81. The minimum atomic E-state index is -0.127. The maximum absolute atomic E-state index is 12.5. The van der Waals surface area contributed by atoms with Gasteiger partial charge in [0.25, 0.3) is 5.91 Å². The van der Waals surface area contributed by atoms with Crippen molar-refractivity contribution in [2.75, 3.05) is 0 Å². The number of amides is 1. The van der Waals surface area contributed by atoms with Crippen LogP contribution in [0.5, 0.6) is 0 Å². The molecule has 3 aromatic rings. The van der Waals surface area contributed by atoms with E-state index in [-0.39, 0.29) is 18.0 Å². The summed E-state index contributed by atoms with van der Waals surface area (Å²) in [5.41, 5.74) is 3.63. The van der Waals surface area contributed by atoms with E-state index in [0.29, 0.717) is 5.56 Å². The van der Waals surface area contributed by atoms with Crippen molar-refractivity contribution in [3.63, 3.8) is 0 Å². The average molecular weight is 322 g/mol. The summed E-state index contributed by atoms with van der Waals surface area (Å²) in [4.78, 5) is 17.0. The lowest BCUT2D eigenvalue weighted by molar-refractivity contribution is 0.0939. The highest BCUT2D eigenvalue weighted by molar-refractivity contribution is 5.97. The molecule has 1 amide bonds. The van der Waals surface area contributed by atoms with Crippen molar-refractivity contribution in [1.82, 2.24) is 20.1 Å². The Hall–Kier alpha value is -2.69. The van der Waals surface area contributed by atoms with Crippen molar-refractivity contribution in [3.05, 3.63) is 59.4 Å². The molecule has 2 aromatic heterocycles. The Morgan fingerprint density at radius 2 is 1.92 bits per heavy atom. The number of hydrogen-bond donors (Lipinski definition) is 1. The number of nitrogens with zero attached hydrogens (tertiary/aromatic N) is 3. The van der Waals surface area contributed by atoms with Gasteiger partial charge in [-0.05, 0) is 44.9 Å². The van der Waals surface area contributed by atoms with E-state index in [4.69, 9.17) is 0 Å². The number of carbonyl (C=O) groups excluding carboxylic acids is 1. The van der Waals surface area contributed by atoms with E-state index >= 15 is 0 Å². The van der Waals surface area contributed by atoms with Gasteiger partial charge in [0.05, 0.1) is 17.8 Å². The number of fused-ring (bicyclic) bond motifs is 1. The molecule has 1 aromatic carbocycles. The van der Waals surface area contributed by atoms with E-state index in [1.165, 1.54) is 0 Å². The Morgan fingerprint density at radius 1 is 1.17 bits per heavy atom. The summed E-state index contributed by atoms with van der Waals surface area (Å²) in [6.45, 7) is 8.14. The molecule has 1 N–H and O–H groups in total. The summed E-state index contributed by atoms with van der Waals surface area (Å²) in [6.07, 6.45) is 3.37. The van der Waals surface area contributed by atoms with Crippen LogP contribution in [0.2, 0.25) is 0 Å². The first-order valence-corrected chi connectivity index (χ1v) is 8.17. The van der Waals surface area contributed by atoms with Gasteiger partial charge in [-0.3, -0.25) is 4.79 Å². The standard InChI is InChI=1S/C19H22N4O/c1-12(2)23-18-15(11-21-23)9-16(10-20-18)19(24)22-14(4)17-8-6-5-7-13(17)3/h5-12,14H,1-4H3,(H,22,24)/t14-/m1/s1. The second-order valence-corrected chi connectivity index (χ2v) is 6.37. The zero-order chi connectivity index (χ0) is 17.3. The molecule has 5 heteroatoms. The van der Waals surface area contributed by atoms with Crippen LogP contribution in [0.1, 0.15) is 54.3 Å². The largest absolute Gasteiger partial charge is 0.345 e. The lowest BCUT2D eigenvalue weighted by Crippen LogP contribution is -2.27. The van der Waals surface area contributed by atoms with Crippen molar-refractivity contribution in [2.24, 2.45) is 0 Å². The fraction of sp³-hybridized carbons (Fsp3) is 0.316. The number of nitrogens with one attached hydrogen (secondary N) is 1. The van der Waals surface area contributed by atoms with Gasteiger partial charge < -0.3 is 5.32 Å². The average Bonchev–Trinajstić information content (AvgIpc) is 2.98. The molecule has 0 aliphatic carbocycles. The molecule has 0 unspecified atom stereocenters. The molecule has 2 heterocycles. The van der Waals surface area contributed by atoms with Gasteiger partial charge in [0.1, 0.15) is 0 Å². The first-order chi connectivity index (χ1) is 11.5. The Kier molecular flexibility index (Phi) is 4.34. The quantitative estimate of drug-likeness (QED) is 0.794. The normalized spacial score (nSPS) is 12.5. The summed E-state index contributed by atoms with van der Waals surface area (Å²) in [6, 6.07) is 10.1. The third kappa shape index (κ3) is 3.02. The molecule has 3 rings (SSSR count). The summed E-state index contributed by atoms with van der Waals surface area (Å²) in [7, 11) is 0. The monoisotopic (exact) mass is 322 g/mol. The number of hydrogen-bond acceptors (Lipinski definition) is 3. The first kappa shape index (κ1) is 16.2. The van der Waals surface area contributed by atoms with Gasteiger partial charge in [0, 0.05) is 17.6 Å². The van der Waals surface area contributed by atoms with Gasteiger partial charge in [0.15, 0.2) is 5.65 Å². The van der Waals surface area contributed by atoms with Crippen LogP contribution >= 0.6 is 0 Å². The van der Waals surface area contributed by atoms with Crippen molar-refractivity contribution in [2.45, 2.75) is 39.8 Å². The molecule has 0 bridgehead atoms. The van der Waals surface area contributed by atoms with Crippen LogP contribution in [0.4, 0.5) is 0 Å². The smallest absolute Gasteiger partial charge is 0.253 e. The van der Waals surface area contributed by atoms with Gasteiger partial charge in [-0.25, -0.2) is 9.67 Å². The summed E-state index contributed by atoms with van der Waals surface area (Å²) >= 11 is 0. The second-order valence-electron chi connectivity index (χ2n) is 6.37. The topological polar surface area (TPSA) is 59.8 Å². The maximum Gasteiger partial charge on any atom is 0.253 e. The van der Waals surface area contributed by atoms with Crippen LogP contribution in [0.3, 0.4) is 0 Å². The molecule has 0 spiro atoms. The molecule has 24 heavy (non-hydrogen) atoms. The van der Waals surface area contributed by atoms with Gasteiger partial charge in [0.2, 0.25) is 0 Å². The molecular formula is C19H22N4O. The molecule has 1 atom stereocenters. The van der Waals surface area contributed by atoms with E-state index in [1.54, 1.807) is 12.4 Å². The number of pyridine rings is 1. The molecule has 0 radical (unpaired) electrons. The van der Waals surface area contributed by atoms with Crippen molar-refractivity contribution in [3.8, 4) is 0 Å². The highest BCUT2D eigenvalue weighted by Crippen LogP contribution is 2.19. The van der Waals surface area contributed by atoms with E-state index in [1.807, 2.05) is 48.9 Å². The zero-order valence-electron chi connectivity index (χ0n) is 14.4. The third-order valence-electron chi connectivity index (χ3n) is 4.19. The van der Waals surface area contributed by atoms with Crippen LogP contribution in [0.25, 0.3) is 11.0 Å². The zero-order valence-corrected chi connectivity index (χ0v) is 14.4. The SMILES string of the molecule is Cc1ccccc1[C@@H](C)NC(=O)c1cnc2c(cnn2C(C)C)c1. The number of aryl methyl sites for hydroxylation is 1. The Bertz CT molecular complexity index is 882. The summed E-state index contributed by atoms with van der Waals surface area (Å²) < 4.78 is 1.85. The Morgan fingerprint density at radius 3 is 2.62 bits per heavy atom. The Balaban J connectivity index is 1.82. The van der Waals surface area contributed by atoms with Gasteiger partial charge in [-0.15, -0.1) is 0 Å². The minimum absolute atomic E-state index is 0.0622.